The largest absolute Gasteiger partial charge is 0.383 e. The minimum absolute atomic E-state index is 0.240. The van der Waals surface area contributed by atoms with Gasteiger partial charge in [-0.25, -0.2) is 0 Å². The molecule has 1 heterocycles. The van der Waals surface area contributed by atoms with Crippen LogP contribution in [0.15, 0.2) is 28.8 Å². The summed E-state index contributed by atoms with van der Waals surface area (Å²) in [5.41, 5.74) is 1.65. The highest BCUT2D eigenvalue weighted by Crippen LogP contribution is 2.27. The third-order valence-corrected chi connectivity index (χ3v) is 3.01. The monoisotopic (exact) mass is 294 g/mol. The molecule has 6 heteroatoms. The fourth-order valence-electron chi connectivity index (χ4n) is 1.83. The summed E-state index contributed by atoms with van der Waals surface area (Å²) >= 11 is 5.96. The summed E-state index contributed by atoms with van der Waals surface area (Å²) < 4.78 is 10.0. The molecule has 0 saturated carbocycles. The number of benzene rings is 1. The van der Waals surface area contributed by atoms with Gasteiger partial charge in [0.2, 0.25) is 0 Å². The number of nitrogens with zero attached hydrogens (tertiary/aromatic N) is 1. The van der Waals surface area contributed by atoms with Crippen LogP contribution in [0.3, 0.4) is 0 Å². The Morgan fingerprint density at radius 2 is 2.30 bits per heavy atom. The Hall–Kier alpha value is -1.85. The fraction of sp³-hybridized carbons (Fsp3) is 0.286. The number of rotatable bonds is 5. The van der Waals surface area contributed by atoms with Crippen molar-refractivity contribution >= 4 is 17.5 Å². The van der Waals surface area contributed by atoms with Crippen LogP contribution in [0.25, 0.3) is 11.3 Å². The zero-order valence-corrected chi connectivity index (χ0v) is 12.0. The van der Waals surface area contributed by atoms with E-state index in [0.29, 0.717) is 35.2 Å². The zero-order valence-electron chi connectivity index (χ0n) is 11.3. The summed E-state index contributed by atoms with van der Waals surface area (Å²) in [5.74, 6) is 0.227. The van der Waals surface area contributed by atoms with Crippen molar-refractivity contribution in [2.24, 2.45) is 0 Å². The average Bonchev–Trinajstić information content (AvgIpc) is 2.81. The molecule has 1 amide bonds. The van der Waals surface area contributed by atoms with Gasteiger partial charge in [0.15, 0.2) is 0 Å². The van der Waals surface area contributed by atoms with Crippen LogP contribution in [0, 0.1) is 6.92 Å². The van der Waals surface area contributed by atoms with Crippen LogP contribution in [0.4, 0.5) is 0 Å². The summed E-state index contributed by atoms with van der Waals surface area (Å²) in [7, 11) is 1.58. The Morgan fingerprint density at radius 1 is 1.50 bits per heavy atom. The normalized spacial score (nSPS) is 10.6. The molecule has 0 aliphatic heterocycles. The Morgan fingerprint density at radius 3 is 3.00 bits per heavy atom. The van der Waals surface area contributed by atoms with Crippen molar-refractivity contribution in [3.63, 3.8) is 0 Å². The van der Waals surface area contributed by atoms with Gasteiger partial charge in [0.1, 0.15) is 17.0 Å². The predicted molar refractivity (Wildman–Crippen MR) is 75.9 cm³/mol. The lowest BCUT2D eigenvalue weighted by Gasteiger charge is -2.05. The molecule has 0 saturated heterocycles. The first-order valence-electron chi connectivity index (χ1n) is 6.13. The molecule has 1 aromatic carbocycles. The van der Waals surface area contributed by atoms with Gasteiger partial charge < -0.3 is 14.6 Å². The summed E-state index contributed by atoms with van der Waals surface area (Å²) in [6.07, 6.45) is 0. The van der Waals surface area contributed by atoms with Crippen LogP contribution in [0.1, 0.15) is 16.1 Å². The summed E-state index contributed by atoms with van der Waals surface area (Å²) in [6.45, 7) is 2.57. The highest BCUT2D eigenvalue weighted by molar-refractivity contribution is 6.30. The second-order valence-electron chi connectivity index (χ2n) is 4.22. The molecule has 0 aliphatic rings. The fourth-order valence-corrected chi connectivity index (χ4v) is 2.02. The van der Waals surface area contributed by atoms with E-state index in [2.05, 4.69) is 10.5 Å². The Bertz CT molecular complexity index is 610. The summed E-state index contributed by atoms with van der Waals surface area (Å²) in [6, 6.07) is 7.13. The lowest BCUT2D eigenvalue weighted by atomic mass is 10.1. The lowest BCUT2D eigenvalue weighted by Crippen LogP contribution is -2.27. The minimum Gasteiger partial charge on any atom is -0.383 e. The number of methoxy groups -OCH3 is 1. The van der Waals surface area contributed by atoms with Crippen LogP contribution in [-0.4, -0.2) is 31.3 Å². The highest BCUT2D eigenvalue weighted by atomic mass is 35.5. The van der Waals surface area contributed by atoms with Crippen LogP contribution in [-0.2, 0) is 4.74 Å². The van der Waals surface area contributed by atoms with Crippen molar-refractivity contribution in [2.75, 3.05) is 20.3 Å². The van der Waals surface area contributed by atoms with Crippen molar-refractivity contribution in [1.82, 2.24) is 10.5 Å². The molecule has 0 fully saturated rings. The van der Waals surface area contributed by atoms with Crippen LogP contribution in [0.5, 0.6) is 0 Å². The molecule has 1 aromatic heterocycles. The van der Waals surface area contributed by atoms with Gasteiger partial charge in [0, 0.05) is 24.2 Å². The smallest absolute Gasteiger partial charge is 0.257 e. The number of ether oxygens (including phenoxy) is 1. The zero-order chi connectivity index (χ0) is 14.5. The molecule has 1 N–H and O–H groups in total. The van der Waals surface area contributed by atoms with Gasteiger partial charge >= 0.3 is 0 Å². The van der Waals surface area contributed by atoms with E-state index >= 15 is 0 Å². The quantitative estimate of drug-likeness (QED) is 0.861. The average molecular weight is 295 g/mol. The second-order valence-corrected chi connectivity index (χ2v) is 4.66. The summed E-state index contributed by atoms with van der Waals surface area (Å²) in [5, 5.41) is 7.28. The van der Waals surface area contributed by atoms with Gasteiger partial charge in [-0.1, -0.05) is 28.9 Å². The molecule has 0 spiro atoms. The van der Waals surface area contributed by atoms with E-state index in [1.165, 1.54) is 0 Å². The highest BCUT2D eigenvalue weighted by Gasteiger charge is 2.21. The van der Waals surface area contributed by atoms with E-state index in [1.54, 1.807) is 32.2 Å². The maximum absolute atomic E-state index is 12.2. The van der Waals surface area contributed by atoms with Crippen molar-refractivity contribution < 1.29 is 14.1 Å². The van der Waals surface area contributed by atoms with Crippen molar-refractivity contribution in [2.45, 2.75) is 6.92 Å². The van der Waals surface area contributed by atoms with Gasteiger partial charge in [0.05, 0.1) is 6.61 Å². The Balaban J connectivity index is 2.30. The number of halogens is 1. The Labute approximate surface area is 121 Å². The number of aryl methyl sites for hydroxylation is 1. The van der Waals surface area contributed by atoms with E-state index in [0.717, 1.165) is 5.56 Å². The van der Waals surface area contributed by atoms with E-state index in [4.69, 9.17) is 20.9 Å². The summed E-state index contributed by atoms with van der Waals surface area (Å²) in [4.78, 5) is 12.2. The number of hydrogen-bond donors (Lipinski definition) is 1. The van der Waals surface area contributed by atoms with E-state index in [-0.39, 0.29) is 5.91 Å². The van der Waals surface area contributed by atoms with E-state index < -0.39 is 0 Å². The molecule has 5 nitrogen and oxygen atoms in total. The number of hydrogen-bond acceptors (Lipinski definition) is 4. The van der Waals surface area contributed by atoms with Gasteiger partial charge in [-0.15, -0.1) is 0 Å². The SMILES string of the molecule is COCCNC(=O)c1c(-c2cccc(Cl)c2)noc1C. The molecule has 0 atom stereocenters. The first-order valence-corrected chi connectivity index (χ1v) is 6.50. The van der Waals surface area contributed by atoms with E-state index in [1.807, 2.05) is 6.07 Å². The van der Waals surface area contributed by atoms with Crippen LogP contribution < -0.4 is 5.32 Å². The molecular formula is C14H15ClN2O3. The predicted octanol–water partition coefficient (Wildman–Crippen LogP) is 2.68. The topological polar surface area (TPSA) is 64.4 Å². The van der Waals surface area contributed by atoms with E-state index in [9.17, 15) is 4.79 Å². The number of aromatic nitrogens is 1. The molecule has 2 rings (SSSR count). The molecule has 0 bridgehead atoms. The number of carbonyl (C=O) groups is 1. The van der Waals surface area contributed by atoms with Crippen molar-refractivity contribution in [1.29, 1.82) is 0 Å². The molecule has 106 valence electrons. The molecule has 0 aliphatic carbocycles. The lowest BCUT2D eigenvalue weighted by molar-refractivity contribution is 0.0936. The molecule has 0 radical (unpaired) electrons. The maximum atomic E-state index is 12.2. The van der Waals surface area contributed by atoms with Crippen LogP contribution >= 0.6 is 11.6 Å². The molecular weight excluding hydrogens is 280 g/mol. The Kier molecular flexibility index (Phi) is 4.76. The van der Waals surface area contributed by atoms with Gasteiger partial charge in [-0.05, 0) is 19.1 Å². The van der Waals surface area contributed by atoms with Gasteiger partial charge in [0.25, 0.3) is 5.91 Å². The number of amides is 1. The van der Waals surface area contributed by atoms with Crippen molar-refractivity contribution in [3.8, 4) is 11.3 Å². The third-order valence-electron chi connectivity index (χ3n) is 2.78. The molecule has 2 aromatic rings. The molecule has 0 unspecified atom stereocenters. The van der Waals surface area contributed by atoms with Crippen molar-refractivity contribution in [3.05, 3.63) is 40.6 Å². The first kappa shape index (κ1) is 14.6. The van der Waals surface area contributed by atoms with Gasteiger partial charge in [-0.3, -0.25) is 4.79 Å². The molecule has 20 heavy (non-hydrogen) atoms. The number of nitrogens with one attached hydrogen (secondary N) is 1. The van der Waals surface area contributed by atoms with Gasteiger partial charge in [-0.2, -0.15) is 0 Å². The minimum atomic E-state index is -0.240. The van der Waals surface area contributed by atoms with Crippen LogP contribution in [0.2, 0.25) is 5.02 Å². The maximum Gasteiger partial charge on any atom is 0.257 e. The first-order chi connectivity index (χ1) is 9.63. The standard InChI is InChI=1S/C14H15ClN2O3/c1-9-12(14(18)16-6-7-19-2)13(17-20-9)10-4-3-5-11(15)8-10/h3-5,8H,6-7H2,1-2H3,(H,16,18). The number of carbonyl (C=O) groups excluding carboxylic acids is 1. The second kappa shape index (κ2) is 6.54. The third kappa shape index (κ3) is 3.18.